The van der Waals surface area contributed by atoms with Crippen molar-refractivity contribution in [2.24, 2.45) is 11.7 Å². The van der Waals surface area contributed by atoms with Crippen LogP contribution < -0.4 is 5.73 Å². The fourth-order valence-corrected chi connectivity index (χ4v) is 4.51. The molecule has 0 saturated carbocycles. The molecule has 7 nitrogen and oxygen atoms in total. The summed E-state index contributed by atoms with van der Waals surface area (Å²) in [7, 11) is -3.67. The average molecular weight is 313 g/mol. The van der Waals surface area contributed by atoms with E-state index in [1.807, 2.05) is 6.92 Å². The van der Waals surface area contributed by atoms with E-state index >= 15 is 0 Å². The maximum absolute atomic E-state index is 12.7. The minimum absolute atomic E-state index is 0.0700. The minimum Gasteiger partial charge on any atom is -0.329 e. The first kappa shape index (κ1) is 15.9. The summed E-state index contributed by atoms with van der Waals surface area (Å²) in [6.07, 6.45) is 1.75. The molecule has 2 rings (SSSR count). The molecule has 2 N–H and O–H groups in total. The molecule has 0 amide bonds. The number of sulfonamides is 1. The van der Waals surface area contributed by atoms with E-state index in [1.54, 1.807) is 0 Å². The lowest BCUT2D eigenvalue weighted by Crippen LogP contribution is -2.51. The van der Waals surface area contributed by atoms with E-state index in [2.05, 4.69) is 0 Å². The van der Waals surface area contributed by atoms with E-state index in [0.29, 0.717) is 6.54 Å². The second kappa shape index (κ2) is 6.08. The van der Waals surface area contributed by atoms with Crippen LogP contribution >= 0.6 is 0 Å². The summed E-state index contributed by atoms with van der Waals surface area (Å²) in [5.41, 5.74) is 5.60. The molecule has 1 aliphatic rings. The smallest absolute Gasteiger partial charge is 0.269 e. The quantitative estimate of drug-likeness (QED) is 0.667. The maximum Gasteiger partial charge on any atom is 0.269 e. The fourth-order valence-electron chi connectivity index (χ4n) is 2.73. The van der Waals surface area contributed by atoms with Gasteiger partial charge in [-0.1, -0.05) is 6.92 Å². The first-order valence-electron chi connectivity index (χ1n) is 6.84. The zero-order valence-electron chi connectivity index (χ0n) is 11.8. The molecule has 1 heterocycles. The second-order valence-electron chi connectivity index (χ2n) is 5.29. The normalized spacial score (nSPS) is 23.9. The molecule has 8 heteroatoms. The lowest BCUT2D eigenvalue weighted by atomic mass is 9.93. The summed E-state index contributed by atoms with van der Waals surface area (Å²) < 4.78 is 26.8. The summed E-state index contributed by atoms with van der Waals surface area (Å²) in [5, 5.41) is 10.6. The number of nitro benzene ring substituents is 1. The summed E-state index contributed by atoms with van der Waals surface area (Å²) >= 11 is 0. The predicted molar refractivity (Wildman–Crippen MR) is 78.2 cm³/mol. The number of non-ortho nitro benzene ring substituents is 1. The highest BCUT2D eigenvalue weighted by atomic mass is 32.2. The number of nitrogens with two attached hydrogens (primary N) is 1. The predicted octanol–water partition coefficient (Wildman–Crippen LogP) is 1.34. The van der Waals surface area contributed by atoms with E-state index in [0.717, 1.165) is 12.8 Å². The van der Waals surface area contributed by atoms with Gasteiger partial charge in [0, 0.05) is 31.3 Å². The molecule has 1 fully saturated rings. The van der Waals surface area contributed by atoms with Crippen LogP contribution in [0.25, 0.3) is 0 Å². The Labute approximate surface area is 123 Å². The van der Waals surface area contributed by atoms with Gasteiger partial charge in [0.2, 0.25) is 10.0 Å². The van der Waals surface area contributed by atoms with Crippen LogP contribution in [0.4, 0.5) is 5.69 Å². The molecule has 1 saturated heterocycles. The Morgan fingerprint density at radius 3 is 2.52 bits per heavy atom. The largest absolute Gasteiger partial charge is 0.329 e. The summed E-state index contributed by atoms with van der Waals surface area (Å²) in [4.78, 5) is 10.2. The number of hydrogen-bond donors (Lipinski definition) is 1. The van der Waals surface area contributed by atoms with Crippen molar-refractivity contribution >= 4 is 15.7 Å². The van der Waals surface area contributed by atoms with E-state index in [9.17, 15) is 18.5 Å². The van der Waals surface area contributed by atoms with Crippen molar-refractivity contribution in [2.45, 2.75) is 30.7 Å². The molecule has 0 aromatic heterocycles. The van der Waals surface area contributed by atoms with Gasteiger partial charge in [-0.05, 0) is 30.9 Å². The Kier molecular flexibility index (Phi) is 4.60. The summed E-state index contributed by atoms with van der Waals surface area (Å²) in [5.74, 6) is 0.205. The van der Waals surface area contributed by atoms with Crippen LogP contribution in [0.2, 0.25) is 0 Å². The number of nitro groups is 1. The van der Waals surface area contributed by atoms with Gasteiger partial charge in [0.25, 0.3) is 5.69 Å². The van der Waals surface area contributed by atoms with Crippen LogP contribution in [0, 0.1) is 16.0 Å². The second-order valence-corrected chi connectivity index (χ2v) is 7.18. The van der Waals surface area contributed by atoms with Gasteiger partial charge in [0.1, 0.15) is 0 Å². The Bertz CT molecular complexity index is 615. The molecule has 0 bridgehead atoms. The SMILES string of the molecule is C[C@H]1CCCN(S(=O)(=O)c2ccc([N+](=O)[O-])cc2)[C@H]1CN. The van der Waals surface area contributed by atoms with Crippen molar-refractivity contribution in [3.63, 3.8) is 0 Å². The van der Waals surface area contributed by atoms with Crippen molar-refractivity contribution in [1.29, 1.82) is 0 Å². The summed E-state index contributed by atoms with van der Waals surface area (Å²) in [6.45, 7) is 2.70. The number of benzene rings is 1. The van der Waals surface area contributed by atoms with Crippen LogP contribution in [0.15, 0.2) is 29.2 Å². The molecule has 1 aromatic rings. The van der Waals surface area contributed by atoms with Crippen LogP contribution in [0.3, 0.4) is 0 Å². The third kappa shape index (κ3) is 3.07. The molecule has 0 radical (unpaired) electrons. The van der Waals surface area contributed by atoms with Gasteiger partial charge in [-0.2, -0.15) is 4.31 Å². The molecule has 0 unspecified atom stereocenters. The van der Waals surface area contributed by atoms with Gasteiger partial charge < -0.3 is 5.73 Å². The molecule has 21 heavy (non-hydrogen) atoms. The maximum atomic E-state index is 12.7. The van der Waals surface area contributed by atoms with Gasteiger partial charge in [-0.25, -0.2) is 8.42 Å². The standard InChI is InChI=1S/C13H19N3O4S/c1-10-3-2-8-15(13(10)9-14)21(19,20)12-6-4-11(5-7-12)16(17)18/h4-7,10,13H,2-3,8-9,14H2,1H3/t10-,13-/m0/s1. The Morgan fingerprint density at radius 1 is 1.38 bits per heavy atom. The third-order valence-corrected chi connectivity index (χ3v) is 5.90. The van der Waals surface area contributed by atoms with Gasteiger partial charge in [0.05, 0.1) is 9.82 Å². The van der Waals surface area contributed by atoms with Crippen LogP contribution in [0.5, 0.6) is 0 Å². The monoisotopic (exact) mass is 313 g/mol. The lowest BCUT2D eigenvalue weighted by molar-refractivity contribution is -0.384. The molecular weight excluding hydrogens is 294 g/mol. The third-order valence-electron chi connectivity index (χ3n) is 3.96. The van der Waals surface area contributed by atoms with Crippen LogP contribution in [-0.2, 0) is 10.0 Å². The zero-order valence-corrected chi connectivity index (χ0v) is 12.6. The van der Waals surface area contributed by atoms with Crippen molar-refractivity contribution in [1.82, 2.24) is 4.31 Å². The number of piperidine rings is 1. The van der Waals surface area contributed by atoms with Crippen molar-refractivity contribution in [3.05, 3.63) is 34.4 Å². The highest BCUT2D eigenvalue weighted by Gasteiger charge is 2.36. The average Bonchev–Trinajstić information content (AvgIpc) is 2.47. The molecule has 0 spiro atoms. The Balaban J connectivity index is 2.34. The number of rotatable bonds is 4. The molecule has 1 aliphatic heterocycles. The van der Waals surface area contributed by atoms with E-state index in [4.69, 9.17) is 5.73 Å². The zero-order chi connectivity index (χ0) is 15.6. The molecular formula is C13H19N3O4S. The van der Waals surface area contributed by atoms with E-state index in [-0.39, 0.29) is 29.1 Å². The van der Waals surface area contributed by atoms with Gasteiger partial charge >= 0.3 is 0 Å². The molecule has 116 valence electrons. The highest BCUT2D eigenvalue weighted by molar-refractivity contribution is 7.89. The molecule has 1 aromatic carbocycles. The van der Waals surface area contributed by atoms with Crippen molar-refractivity contribution in [2.75, 3.05) is 13.1 Å². The first-order valence-corrected chi connectivity index (χ1v) is 8.28. The Hall–Kier alpha value is -1.51. The number of nitrogens with zero attached hydrogens (tertiary/aromatic N) is 2. The van der Waals surface area contributed by atoms with Crippen LogP contribution in [0.1, 0.15) is 19.8 Å². The highest BCUT2D eigenvalue weighted by Crippen LogP contribution is 2.29. The van der Waals surface area contributed by atoms with E-state index in [1.165, 1.54) is 28.6 Å². The number of hydrogen-bond acceptors (Lipinski definition) is 5. The van der Waals surface area contributed by atoms with Crippen LogP contribution in [-0.4, -0.2) is 36.8 Å². The summed E-state index contributed by atoms with van der Waals surface area (Å²) in [6, 6.07) is 4.75. The van der Waals surface area contributed by atoms with Crippen molar-refractivity contribution in [3.8, 4) is 0 Å². The van der Waals surface area contributed by atoms with E-state index < -0.39 is 14.9 Å². The first-order chi connectivity index (χ1) is 9.87. The van der Waals surface area contributed by atoms with Gasteiger partial charge in [-0.15, -0.1) is 0 Å². The minimum atomic E-state index is -3.67. The Morgan fingerprint density at radius 2 is 2.00 bits per heavy atom. The van der Waals surface area contributed by atoms with Crippen molar-refractivity contribution < 1.29 is 13.3 Å². The van der Waals surface area contributed by atoms with Gasteiger partial charge in [-0.3, -0.25) is 10.1 Å². The van der Waals surface area contributed by atoms with Gasteiger partial charge in [0.15, 0.2) is 0 Å². The molecule has 0 aliphatic carbocycles. The topological polar surface area (TPSA) is 107 Å². The lowest BCUT2D eigenvalue weighted by Gasteiger charge is -2.38. The molecule has 2 atom stereocenters. The fraction of sp³-hybridized carbons (Fsp3) is 0.538.